The third-order valence-corrected chi connectivity index (χ3v) is 4.23. The van der Waals surface area contributed by atoms with E-state index in [1.807, 2.05) is 29.9 Å². The Bertz CT molecular complexity index is 577. The number of rotatable bonds is 2. The van der Waals surface area contributed by atoms with Crippen molar-refractivity contribution in [1.29, 1.82) is 5.26 Å². The zero-order valence-electron chi connectivity index (χ0n) is 9.24. The highest BCUT2D eigenvalue weighted by molar-refractivity contribution is 9.10. The van der Waals surface area contributed by atoms with Crippen LogP contribution in [-0.2, 0) is 12.4 Å². The fourth-order valence-corrected chi connectivity index (χ4v) is 2.64. The second-order valence-electron chi connectivity index (χ2n) is 3.76. The van der Waals surface area contributed by atoms with Crippen molar-refractivity contribution >= 4 is 31.9 Å². The number of nitrogens with zero attached hydrogens (tertiary/aromatic N) is 2. The molecule has 0 saturated heterocycles. The maximum Gasteiger partial charge on any atom is 0.101 e. The van der Waals surface area contributed by atoms with Crippen LogP contribution in [0.2, 0.25) is 0 Å². The first kappa shape index (κ1) is 12.4. The summed E-state index contributed by atoms with van der Waals surface area (Å²) in [5, 5.41) is 9.97. The molecule has 0 aliphatic rings. The Morgan fingerprint density at radius 1 is 1.29 bits per heavy atom. The summed E-state index contributed by atoms with van der Waals surface area (Å²) in [6.45, 7) is 0. The lowest BCUT2D eigenvalue weighted by Crippen LogP contribution is -1.85. The van der Waals surface area contributed by atoms with Crippen molar-refractivity contribution in [3.8, 4) is 17.2 Å². The largest absolute Gasteiger partial charge is 0.344 e. The van der Waals surface area contributed by atoms with Crippen LogP contribution >= 0.6 is 31.9 Å². The molecule has 0 atom stereocenters. The predicted octanol–water partition coefficient (Wildman–Crippen LogP) is 4.22. The quantitative estimate of drug-likeness (QED) is 0.743. The van der Waals surface area contributed by atoms with Crippen molar-refractivity contribution in [2.75, 3.05) is 0 Å². The van der Waals surface area contributed by atoms with E-state index in [0.29, 0.717) is 5.56 Å². The normalized spacial score (nSPS) is 10.2. The third-order valence-electron chi connectivity index (χ3n) is 2.63. The van der Waals surface area contributed by atoms with E-state index < -0.39 is 0 Å². The molecule has 4 heteroatoms. The van der Waals surface area contributed by atoms with Gasteiger partial charge in [-0.3, -0.25) is 0 Å². The fourth-order valence-electron chi connectivity index (χ4n) is 1.72. The molecule has 0 spiro atoms. The average Bonchev–Trinajstić information content (AvgIpc) is 2.65. The third kappa shape index (κ3) is 2.31. The van der Waals surface area contributed by atoms with Crippen molar-refractivity contribution in [1.82, 2.24) is 4.57 Å². The van der Waals surface area contributed by atoms with E-state index in [4.69, 9.17) is 5.26 Å². The first-order chi connectivity index (χ1) is 8.17. The molecule has 2 aromatic rings. The minimum atomic E-state index is 0.686. The first-order valence-electron chi connectivity index (χ1n) is 5.07. The highest BCUT2D eigenvalue weighted by Gasteiger charge is 2.13. The molecule has 0 N–H and O–H groups in total. The topological polar surface area (TPSA) is 28.7 Å². The van der Waals surface area contributed by atoms with Gasteiger partial charge in [-0.2, -0.15) is 5.26 Å². The lowest BCUT2D eigenvalue weighted by Gasteiger charge is -2.03. The van der Waals surface area contributed by atoms with E-state index in [9.17, 15) is 0 Å². The number of hydrogen-bond donors (Lipinski definition) is 0. The molecule has 2 rings (SSSR count). The predicted molar refractivity (Wildman–Crippen MR) is 75.9 cm³/mol. The summed E-state index contributed by atoms with van der Waals surface area (Å²) in [6.07, 6.45) is 1.83. The number of aryl methyl sites for hydroxylation is 1. The Morgan fingerprint density at radius 3 is 2.47 bits per heavy atom. The summed E-state index contributed by atoms with van der Waals surface area (Å²) in [6, 6.07) is 10.4. The van der Waals surface area contributed by atoms with Gasteiger partial charge in [-0.25, -0.2) is 0 Å². The van der Waals surface area contributed by atoms with Gasteiger partial charge in [0.1, 0.15) is 6.07 Å². The summed E-state index contributed by atoms with van der Waals surface area (Å²) < 4.78 is 2.84. The van der Waals surface area contributed by atoms with Crippen LogP contribution in [0.4, 0.5) is 0 Å². The van der Waals surface area contributed by atoms with Gasteiger partial charge >= 0.3 is 0 Å². The minimum absolute atomic E-state index is 0.686. The molecule has 0 bridgehead atoms. The SMILES string of the molecule is Cn1cc(C#N)c(-c2ccc(CBr)cc2)c1Br. The standard InChI is InChI=1S/C13H10Br2N2/c1-17-8-11(7-16)12(13(17)15)10-4-2-9(6-14)3-5-10/h2-5,8H,6H2,1H3. The van der Waals surface area contributed by atoms with Gasteiger partial charge < -0.3 is 4.57 Å². The summed E-state index contributed by atoms with van der Waals surface area (Å²) in [4.78, 5) is 0. The average molecular weight is 354 g/mol. The van der Waals surface area contributed by atoms with Gasteiger partial charge in [-0.05, 0) is 27.1 Å². The summed E-state index contributed by atoms with van der Waals surface area (Å²) >= 11 is 6.94. The van der Waals surface area contributed by atoms with E-state index in [0.717, 1.165) is 21.1 Å². The monoisotopic (exact) mass is 352 g/mol. The van der Waals surface area contributed by atoms with Gasteiger partial charge in [0.05, 0.1) is 10.2 Å². The molecular weight excluding hydrogens is 344 g/mol. The van der Waals surface area contributed by atoms with Gasteiger partial charge in [0.2, 0.25) is 0 Å². The summed E-state index contributed by atoms with van der Waals surface area (Å²) in [5.74, 6) is 0. The molecule has 1 heterocycles. The van der Waals surface area contributed by atoms with Crippen LogP contribution in [0.15, 0.2) is 35.1 Å². The number of alkyl halides is 1. The van der Waals surface area contributed by atoms with Crippen LogP contribution in [0.5, 0.6) is 0 Å². The molecule has 86 valence electrons. The molecule has 0 aliphatic carbocycles. The smallest absolute Gasteiger partial charge is 0.101 e. The van der Waals surface area contributed by atoms with E-state index in [-0.39, 0.29) is 0 Å². The zero-order valence-corrected chi connectivity index (χ0v) is 12.4. The van der Waals surface area contributed by atoms with Crippen LogP contribution in [0.25, 0.3) is 11.1 Å². The van der Waals surface area contributed by atoms with E-state index in [1.54, 1.807) is 0 Å². The first-order valence-corrected chi connectivity index (χ1v) is 6.99. The van der Waals surface area contributed by atoms with Crippen LogP contribution < -0.4 is 0 Å². The Hall–Kier alpha value is -1.05. The Morgan fingerprint density at radius 2 is 1.94 bits per heavy atom. The summed E-state index contributed by atoms with van der Waals surface area (Å²) in [7, 11) is 1.92. The molecule has 2 nitrogen and oxygen atoms in total. The Kier molecular flexibility index (Phi) is 3.70. The number of benzene rings is 1. The van der Waals surface area contributed by atoms with Crippen molar-refractivity contribution in [2.45, 2.75) is 5.33 Å². The fraction of sp³-hybridized carbons (Fsp3) is 0.154. The molecule has 0 radical (unpaired) electrons. The Labute approximate surface area is 117 Å². The van der Waals surface area contributed by atoms with Gasteiger partial charge in [0.25, 0.3) is 0 Å². The summed E-state index contributed by atoms with van der Waals surface area (Å²) in [5.41, 5.74) is 3.92. The van der Waals surface area contributed by atoms with Crippen molar-refractivity contribution in [3.63, 3.8) is 0 Å². The van der Waals surface area contributed by atoms with Crippen molar-refractivity contribution in [2.24, 2.45) is 7.05 Å². The van der Waals surface area contributed by atoms with Crippen LogP contribution in [0, 0.1) is 11.3 Å². The Balaban J connectivity index is 2.56. The molecule has 17 heavy (non-hydrogen) atoms. The number of hydrogen-bond acceptors (Lipinski definition) is 1. The van der Waals surface area contributed by atoms with Crippen LogP contribution in [-0.4, -0.2) is 4.57 Å². The number of halogens is 2. The zero-order chi connectivity index (χ0) is 12.4. The molecular formula is C13H10Br2N2. The van der Waals surface area contributed by atoms with Crippen molar-refractivity contribution < 1.29 is 0 Å². The van der Waals surface area contributed by atoms with Crippen molar-refractivity contribution in [3.05, 3.63) is 46.2 Å². The molecule has 0 saturated carbocycles. The van der Waals surface area contributed by atoms with Gasteiger partial charge in [-0.1, -0.05) is 40.2 Å². The molecule has 1 aromatic heterocycles. The molecule has 1 aromatic carbocycles. The van der Waals surface area contributed by atoms with E-state index in [1.165, 1.54) is 5.56 Å². The second kappa shape index (κ2) is 5.07. The van der Waals surface area contributed by atoms with Gasteiger partial charge in [0, 0.05) is 24.1 Å². The lowest BCUT2D eigenvalue weighted by atomic mass is 10.0. The van der Waals surface area contributed by atoms with Crippen LogP contribution in [0.3, 0.4) is 0 Å². The van der Waals surface area contributed by atoms with Gasteiger partial charge in [0.15, 0.2) is 0 Å². The van der Waals surface area contributed by atoms with Crippen LogP contribution in [0.1, 0.15) is 11.1 Å². The maximum absolute atomic E-state index is 9.13. The molecule has 0 fully saturated rings. The minimum Gasteiger partial charge on any atom is -0.344 e. The molecule has 0 aliphatic heterocycles. The number of nitriles is 1. The second-order valence-corrected chi connectivity index (χ2v) is 5.07. The maximum atomic E-state index is 9.13. The van der Waals surface area contributed by atoms with E-state index in [2.05, 4.69) is 50.1 Å². The highest BCUT2D eigenvalue weighted by Crippen LogP contribution is 2.32. The van der Waals surface area contributed by atoms with Gasteiger partial charge in [-0.15, -0.1) is 0 Å². The lowest BCUT2D eigenvalue weighted by molar-refractivity contribution is 0.902. The molecule has 0 amide bonds. The number of aromatic nitrogens is 1. The highest BCUT2D eigenvalue weighted by atomic mass is 79.9. The molecule has 0 unspecified atom stereocenters. The van der Waals surface area contributed by atoms with E-state index >= 15 is 0 Å².